The van der Waals surface area contributed by atoms with Crippen molar-refractivity contribution in [2.45, 2.75) is 20.8 Å². The zero-order valence-corrected chi connectivity index (χ0v) is 8.94. The Morgan fingerprint density at radius 1 is 1.40 bits per heavy atom. The molecule has 0 saturated carbocycles. The molecule has 0 fully saturated rings. The lowest BCUT2D eigenvalue weighted by Crippen LogP contribution is -2.15. The van der Waals surface area contributed by atoms with Crippen molar-refractivity contribution in [3.8, 4) is 0 Å². The maximum absolute atomic E-state index is 12.0. The number of furan rings is 1. The molecule has 2 rings (SSSR count). The molecular formula is C11H12N2O2. The minimum absolute atomic E-state index is 0.146. The highest BCUT2D eigenvalue weighted by Gasteiger charge is 2.16. The van der Waals surface area contributed by atoms with E-state index in [1.54, 1.807) is 13.0 Å². The summed E-state index contributed by atoms with van der Waals surface area (Å²) in [6.07, 6.45) is 1.51. The molecule has 4 nitrogen and oxygen atoms in total. The van der Waals surface area contributed by atoms with Gasteiger partial charge in [-0.05, 0) is 32.9 Å². The Morgan fingerprint density at radius 2 is 2.13 bits per heavy atom. The predicted molar refractivity (Wildman–Crippen MR) is 54.9 cm³/mol. The van der Waals surface area contributed by atoms with Crippen molar-refractivity contribution in [3.05, 3.63) is 41.1 Å². The maximum Gasteiger partial charge on any atom is 0.281 e. The van der Waals surface area contributed by atoms with Crippen LogP contribution in [0, 0.1) is 20.8 Å². The van der Waals surface area contributed by atoms with E-state index in [4.69, 9.17) is 4.42 Å². The van der Waals surface area contributed by atoms with E-state index in [0.29, 0.717) is 11.3 Å². The minimum atomic E-state index is -0.146. The first-order chi connectivity index (χ1) is 7.09. The Hall–Kier alpha value is -1.84. The van der Waals surface area contributed by atoms with Crippen LogP contribution >= 0.6 is 0 Å². The molecule has 2 aromatic rings. The van der Waals surface area contributed by atoms with Crippen LogP contribution < -0.4 is 0 Å². The van der Waals surface area contributed by atoms with Crippen molar-refractivity contribution in [1.29, 1.82) is 0 Å². The predicted octanol–water partition coefficient (Wildman–Crippen LogP) is 2.09. The van der Waals surface area contributed by atoms with Crippen LogP contribution in [-0.4, -0.2) is 15.7 Å². The normalized spacial score (nSPS) is 10.6. The van der Waals surface area contributed by atoms with Gasteiger partial charge in [-0.2, -0.15) is 5.10 Å². The molecule has 2 aromatic heterocycles. The molecule has 0 spiro atoms. The molecule has 15 heavy (non-hydrogen) atoms. The van der Waals surface area contributed by atoms with Gasteiger partial charge in [0.1, 0.15) is 5.76 Å². The largest absolute Gasteiger partial charge is 0.469 e. The third-order valence-electron chi connectivity index (χ3n) is 2.29. The van der Waals surface area contributed by atoms with Gasteiger partial charge in [-0.25, -0.2) is 4.68 Å². The van der Waals surface area contributed by atoms with Crippen molar-refractivity contribution >= 4 is 5.91 Å². The van der Waals surface area contributed by atoms with Gasteiger partial charge >= 0.3 is 0 Å². The first-order valence-corrected chi connectivity index (χ1v) is 4.71. The lowest BCUT2D eigenvalue weighted by Gasteiger charge is -2.00. The fourth-order valence-electron chi connectivity index (χ4n) is 1.56. The summed E-state index contributed by atoms with van der Waals surface area (Å²) in [5, 5.41) is 4.13. The highest BCUT2D eigenvalue weighted by atomic mass is 16.3. The number of aromatic nitrogens is 2. The van der Waals surface area contributed by atoms with Gasteiger partial charge in [-0.15, -0.1) is 0 Å². The van der Waals surface area contributed by atoms with Gasteiger partial charge in [0.2, 0.25) is 0 Å². The molecule has 0 radical (unpaired) electrons. The van der Waals surface area contributed by atoms with Gasteiger partial charge in [-0.1, -0.05) is 0 Å². The molecule has 0 bridgehead atoms. The summed E-state index contributed by atoms with van der Waals surface area (Å²) >= 11 is 0. The number of carbonyl (C=O) groups excluding carboxylic acids is 1. The highest BCUT2D eigenvalue weighted by Crippen LogP contribution is 2.12. The molecule has 0 amide bonds. The summed E-state index contributed by atoms with van der Waals surface area (Å²) in [5.74, 6) is 0.472. The Labute approximate surface area is 87.5 Å². The second-order valence-corrected chi connectivity index (χ2v) is 3.53. The number of rotatable bonds is 1. The summed E-state index contributed by atoms with van der Waals surface area (Å²) in [5.41, 5.74) is 2.22. The standard InChI is InChI=1S/C11H12N2O2/c1-7-6-8(2)13(12-7)11(14)10-4-5-15-9(10)3/h4-6H,1-3H3. The van der Waals surface area contributed by atoms with Crippen molar-refractivity contribution < 1.29 is 9.21 Å². The van der Waals surface area contributed by atoms with Gasteiger partial charge in [-0.3, -0.25) is 4.79 Å². The summed E-state index contributed by atoms with van der Waals surface area (Å²) in [7, 11) is 0. The number of hydrogen-bond donors (Lipinski definition) is 0. The fraction of sp³-hybridized carbons (Fsp3) is 0.273. The SMILES string of the molecule is Cc1cc(C)n(C(=O)c2ccoc2C)n1. The molecule has 0 saturated heterocycles. The van der Waals surface area contributed by atoms with Gasteiger partial charge in [0.25, 0.3) is 5.91 Å². The number of nitrogens with zero attached hydrogens (tertiary/aromatic N) is 2. The summed E-state index contributed by atoms with van der Waals surface area (Å²) in [4.78, 5) is 12.0. The van der Waals surface area contributed by atoms with Crippen molar-refractivity contribution in [3.63, 3.8) is 0 Å². The quantitative estimate of drug-likeness (QED) is 0.714. The average Bonchev–Trinajstić information content (AvgIpc) is 2.71. The number of carbonyl (C=O) groups is 1. The average molecular weight is 204 g/mol. The Balaban J connectivity index is 2.45. The second kappa shape index (κ2) is 3.38. The van der Waals surface area contributed by atoms with E-state index in [-0.39, 0.29) is 5.91 Å². The number of hydrogen-bond acceptors (Lipinski definition) is 3. The minimum Gasteiger partial charge on any atom is -0.469 e. The van der Waals surface area contributed by atoms with Gasteiger partial charge < -0.3 is 4.42 Å². The first-order valence-electron chi connectivity index (χ1n) is 4.71. The molecule has 0 aromatic carbocycles. The van der Waals surface area contributed by atoms with Crippen LogP contribution in [0.5, 0.6) is 0 Å². The highest BCUT2D eigenvalue weighted by molar-refractivity contribution is 5.96. The van der Waals surface area contributed by atoms with E-state index in [2.05, 4.69) is 5.10 Å². The molecule has 0 N–H and O–H groups in total. The molecule has 0 aliphatic carbocycles. The van der Waals surface area contributed by atoms with Crippen molar-refractivity contribution in [1.82, 2.24) is 9.78 Å². The lowest BCUT2D eigenvalue weighted by atomic mass is 10.2. The van der Waals surface area contributed by atoms with Crippen LogP contribution in [0.2, 0.25) is 0 Å². The molecule has 2 heterocycles. The molecular weight excluding hydrogens is 192 g/mol. The van der Waals surface area contributed by atoms with Gasteiger partial charge in [0, 0.05) is 5.69 Å². The number of aryl methyl sites for hydroxylation is 3. The van der Waals surface area contributed by atoms with E-state index in [9.17, 15) is 4.79 Å². The van der Waals surface area contributed by atoms with Gasteiger partial charge in [0.15, 0.2) is 0 Å². The Kier molecular flexibility index (Phi) is 2.19. The smallest absolute Gasteiger partial charge is 0.281 e. The van der Waals surface area contributed by atoms with E-state index in [0.717, 1.165) is 11.4 Å². The topological polar surface area (TPSA) is 48.0 Å². The first kappa shape index (κ1) is 9.71. The van der Waals surface area contributed by atoms with Crippen LogP contribution in [0.15, 0.2) is 22.8 Å². The summed E-state index contributed by atoms with van der Waals surface area (Å²) in [6, 6.07) is 3.53. The third-order valence-corrected chi connectivity index (χ3v) is 2.29. The summed E-state index contributed by atoms with van der Waals surface area (Å²) < 4.78 is 6.49. The third kappa shape index (κ3) is 1.58. The zero-order chi connectivity index (χ0) is 11.0. The molecule has 0 aliphatic rings. The zero-order valence-electron chi connectivity index (χ0n) is 8.94. The van der Waals surface area contributed by atoms with Crippen LogP contribution in [0.4, 0.5) is 0 Å². The van der Waals surface area contributed by atoms with Crippen molar-refractivity contribution in [2.75, 3.05) is 0 Å². The molecule has 4 heteroatoms. The van der Waals surface area contributed by atoms with E-state index in [1.807, 2.05) is 19.9 Å². The van der Waals surface area contributed by atoms with Crippen LogP contribution in [0.1, 0.15) is 27.5 Å². The fourth-order valence-corrected chi connectivity index (χ4v) is 1.56. The van der Waals surface area contributed by atoms with Crippen LogP contribution in [0.3, 0.4) is 0 Å². The second-order valence-electron chi connectivity index (χ2n) is 3.53. The van der Waals surface area contributed by atoms with E-state index >= 15 is 0 Å². The molecule has 0 aliphatic heterocycles. The lowest BCUT2D eigenvalue weighted by molar-refractivity contribution is 0.0941. The van der Waals surface area contributed by atoms with Crippen molar-refractivity contribution in [2.24, 2.45) is 0 Å². The van der Waals surface area contributed by atoms with E-state index in [1.165, 1.54) is 10.9 Å². The molecule has 0 atom stereocenters. The van der Waals surface area contributed by atoms with Crippen LogP contribution in [-0.2, 0) is 0 Å². The van der Waals surface area contributed by atoms with Gasteiger partial charge in [0.05, 0.1) is 17.5 Å². The van der Waals surface area contributed by atoms with Crippen LogP contribution in [0.25, 0.3) is 0 Å². The monoisotopic (exact) mass is 204 g/mol. The maximum atomic E-state index is 12.0. The Bertz CT molecular complexity index is 508. The molecule has 0 unspecified atom stereocenters. The Morgan fingerprint density at radius 3 is 2.60 bits per heavy atom. The summed E-state index contributed by atoms with van der Waals surface area (Å²) in [6.45, 7) is 5.48. The molecule has 78 valence electrons. The van der Waals surface area contributed by atoms with E-state index < -0.39 is 0 Å².